The first-order valence-electron chi connectivity index (χ1n) is 7.91. The Kier molecular flexibility index (Phi) is 4.79. The van der Waals surface area contributed by atoms with Gasteiger partial charge in [-0.3, -0.25) is 9.59 Å². The Morgan fingerprint density at radius 2 is 2.08 bits per heavy atom. The number of hydrogen-bond donors (Lipinski definition) is 2. The van der Waals surface area contributed by atoms with Crippen molar-refractivity contribution in [3.8, 4) is 5.75 Å². The van der Waals surface area contributed by atoms with Crippen LogP contribution in [0.5, 0.6) is 5.75 Å². The molecule has 2 heterocycles. The minimum absolute atomic E-state index is 0.105. The molecule has 2 N–H and O–H groups in total. The van der Waals surface area contributed by atoms with Crippen LogP contribution in [-0.4, -0.2) is 42.3 Å². The molecule has 1 fully saturated rings. The standard InChI is InChI=1S/C17H20N4O3/c1-24-15-5-3-2-4-14(15)17(23)19-12-6-8-21(9-7-12)13-10-16(22)20-18-11-13/h2-5,10-12H,6-9H2,1H3,(H,19,23)(H,20,22). The van der Waals surface area contributed by atoms with Crippen LogP contribution in [-0.2, 0) is 0 Å². The predicted molar refractivity (Wildman–Crippen MR) is 90.6 cm³/mol. The minimum atomic E-state index is -0.209. The van der Waals surface area contributed by atoms with E-state index in [0.29, 0.717) is 11.3 Å². The molecule has 1 amide bonds. The van der Waals surface area contributed by atoms with Crippen LogP contribution in [0.2, 0.25) is 0 Å². The molecule has 0 unspecified atom stereocenters. The molecule has 7 nitrogen and oxygen atoms in total. The van der Waals surface area contributed by atoms with Gasteiger partial charge in [-0.15, -0.1) is 0 Å². The van der Waals surface area contributed by atoms with Crippen molar-refractivity contribution in [3.05, 3.63) is 52.4 Å². The van der Waals surface area contributed by atoms with Gasteiger partial charge in [-0.1, -0.05) is 12.1 Å². The molecular weight excluding hydrogens is 308 g/mol. The highest BCUT2D eigenvalue weighted by Crippen LogP contribution is 2.20. The van der Waals surface area contributed by atoms with E-state index in [0.717, 1.165) is 31.6 Å². The van der Waals surface area contributed by atoms with E-state index in [2.05, 4.69) is 20.4 Å². The molecule has 0 spiro atoms. The topological polar surface area (TPSA) is 87.3 Å². The number of hydrogen-bond acceptors (Lipinski definition) is 5. The second-order valence-corrected chi connectivity index (χ2v) is 5.74. The molecular formula is C17H20N4O3. The molecule has 1 aromatic heterocycles. The first-order valence-corrected chi connectivity index (χ1v) is 7.91. The number of benzene rings is 1. The van der Waals surface area contributed by atoms with Gasteiger partial charge >= 0.3 is 0 Å². The summed E-state index contributed by atoms with van der Waals surface area (Å²) in [4.78, 5) is 25.9. The Hall–Kier alpha value is -2.83. The number of H-pyrrole nitrogens is 1. The summed E-state index contributed by atoms with van der Waals surface area (Å²) in [5.41, 5.74) is 1.15. The zero-order valence-electron chi connectivity index (χ0n) is 13.5. The van der Waals surface area contributed by atoms with Gasteiger partial charge in [-0.25, -0.2) is 5.10 Å². The summed E-state index contributed by atoms with van der Waals surface area (Å²) in [6, 6.07) is 8.83. The lowest BCUT2D eigenvalue weighted by Gasteiger charge is -2.33. The van der Waals surface area contributed by atoms with Crippen LogP contribution in [0.1, 0.15) is 23.2 Å². The molecule has 1 saturated heterocycles. The quantitative estimate of drug-likeness (QED) is 0.880. The van der Waals surface area contributed by atoms with Gasteiger partial charge in [-0.05, 0) is 25.0 Å². The van der Waals surface area contributed by atoms with Gasteiger partial charge in [0.05, 0.1) is 24.6 Å². The fourth-order valence-corrected chi connectivity index (χ4v) is 2.92. The lowest BCUT2D eigenvalue weighted by Crippen LogP contribution is -2.45. The molecule has 126 valence electrons. The largest absolute Gasteiger partial charge is 0.496 e. The summed E-state index contributed by atoms with van der Waals surface area (Å²) >= 11 is 0. The summed E-state index contributed by atoms with van der Waals surface area (Å²) in [7, 11) is 1.56. The molecule has 24 heavy (non-hydrogen) atoms. The summed E-state index contributed by atoms with van der Waals surface area (Å²) in [6.07, 6.45) is 3.27. The maximum Gasteiger partial charge on any atom is 0.266 e. The number of amides is 1. The number of piperidine rings is 1. The third kappa shape index (κ3) is 3.56. The molecule has 0 bridgehead atoms. The van der Waals surface area contributed by atoms with E-state index in [4.69, 9.17) is 4.74 Å². The van der Waals surface area contributed by atoms with Gasteiger partial charge in [0.2, 0.25) is 0 Å². The number of nitrogens with one attached hydrogen (secondary N) is 2. The number of ether oxygens (including phenoxy) is 1. The van der Waals surface area contributed by atoms with E-state index >= 15 is 0 Å². The van der Waals surface area contributed by atoms with Crippen molar-refractivity contribution in [2.24, 2.45) is 0 Å². The fraction of sp³-hybridized carbons (Fsp3) is 0.353. The molecule has 1 aliphatic rings. The van der Waals surface area contributed by atoms with Gasteiger partial charge in [0.1, 0.15) is 5.75 Å². The van der Waals surface area contributed by atoms with Gasteiger partial charge in [0.15, 0.2) is 0 Å². The average Bonchev–Trinajstić information content (AvgIpc) is 2.62. The van der Waals surface area contributed by atoms with E-state index in [9.17, 15) is 9.59 Å². The number of anilines is 1. The van der Waals surface area contributed by atoms with E-state index in [1.54, 1.807) is 31.5 Å². The summed E-state index contributed by atoms with van der Waals surface area (Å²) in [5.74, 6) is 0.450. The Morgan fingerprint density at radius 3 is 2.79 bits per heavy atom. The number of nitrogens with zero attached hydrogens (tertiary/aromatic N) is 2. The minimum Gasteiger partial charge on any atom is -0.496 e. The number of para-hydroxylation sites is 1. The van der Waals surface area contributed by atoms with Crippen LogP contribution in [0.3, 0.4) is 0 Å². The molecule has 1 aliphatic heterocycles. The molecule has 2 aromatic rings. The van der Waals surface area contributed by atoms with Crippen molar-refractivity contribution in [3.63, 3.8) is 0 Å². The molecule has 0 saturated carbocycles. The highest BCUT2D eigenvalue weighted by molar-refractivity contribution is 5.97. The maximum atomic E-state index is 12.4. The van der Waals surface area contributed by atoms with E-state index < -0.39 is 0 Å². The highest BCUT2D eigenvalue weighted by Gasteiger charge is 2.22. The van der Waals surface area contributed by atoms with Crippen molar-refractivity contribution < 1.29 is 9.53 Å². The average molecular weight is 328 g/mol. The van der Waals surface area contributed by atoms with Crippen LogP contribution < -0.4 is 20.5 Å². The van der Waals surface area contributed by atoms with Crippen LogP contribution in [0.4, 0.5) is 5.69 Å². The van der Waals surface area contributed by atoms with Gasteiger partial charge in [-0.2, -0.15) is 5.10 Å². The molecule has 7 heteroatoms. The van der Waals surface area contributed by atoms with Gasteiger partial charge < -0.3 is 15.0 Å². The van der Waals surface area contributed by atoms with Crippen molar-refractivity contribution in [1.82, 2.24) is 15.5 Å². The van der Waals surface area contributed by atoms with Gasteiger partial charge in [0, 0.05) is 25.2 Å². The number of methoxy groups -OCH3 is 1. The Bertz CT molecular complexity index is 766. The first kappa shape index (κ1) is 16.0. The van der Waals surface area contributed by atoms with Crippen molar-refractivity contribution >= 4 is 11.6 Å². The third-order valence-electron chi connectivity index (χ3n) is 4.20. The molecule has 0 radical (unpaired) electrons. The second kappa shape index (κ2) is 7.16. The predicted octanol–water partition coefficient (Wildman–Crippen LogP) is 1.18. The summed E-state index contributed by atoms with van der Waals surface area (Å²) < 4.78 is 5.23. The van der Waals surface area contributed by atoms with Crippen LogP contribution in [0.15, 0.2) is 41.3 Å². The number of rotatable bonds is 4. The van der Waals surface area contributed by atoms with Crippen molar-refractivity contribution in [2.75, 3.05) is 25.1 Å². The highest BCUT2D eigenvalue weighted by atomic mass is 16.5. The third-order valence-corrected chi connectivity index (χ3v) is 4.20. The zero-order chi connectivity index (χ0) is 16.9. The van der Waals surface area contributed by atoms with E-state index in [-0.39, 0.29) is 17.5 Å². The molecule has 0 aliphatic carbocycles. The molecule has 0 atom stereocenters. The number of aromatic nitrogens is 2. The smallest absolute Gasteiger partial charge is 0.266 e. The van der Waals surface area contributed by atoms with E-state index in [1.165, 1.54) is 0 Å². The normalized spacial score (nSPS) is 15.1. The van der Waals surface area contributed by atoms with Crippen LogP contribution in [0, 0.1) is 0 Å². The monoisotopic (exact) mass is 328 g/mol. The maximum absolute atomic E-state index is 12.4. The Labute approximate surface area is 139 Å². The molecule has 1 aromatic carbocycles. The number of carbonyl (C=O) groups excluding carboxylic acids is 1. The fourth-order valence-electron chi connectivity index (χ4n) is 2.92. The lowest BCUT2D eigenvalue weighted by atomic mass is 10.0. The summed E-state index contributed by atoms with van der Waals surface area (Å²) in [6.45, 7) is 1.53. The van der Waals surface area contributed by atoms with Crippen molar-refractivity contribution in [2.45, 2.75) is 18.9 Å². The number of aromatic amines is 1. The van der Waals surface area contributed by atoms with Crippen LogP contribution in [0.25, 0.3) is 0 Å². The zero-order valence-corrected chi connectivity index (χ0v) is 13.5. The Balaban J connectivity index is 1.59. The SMILES string of the molecule is COc1ccccc1C(=O)NC1CCN(c2cn[nH]c(=O)c2)CC1. The lowest BCUT2D eigenvalue weighted by molar-refractivity contribution is 0.0928. The first-order chi connectivity index (χ1) is 11.7. The van der Waals surface area contributed by atoms with Crippen LogP contribution >= 0.6 is 0 Å². The van der Waals surface area contributed by atoms with Crippen molar-refractivity contribution in [1.29, 1.82) is 0 Å². The van der Waals surface area contributed by atoms with E-state index in [1.807, 2.05) is 12.1 Å². The Morgan fingerprint density at radius 1 is 1.33 bits per heavy atom. The second-order valence-electron chi connectivity index (χ2n) is 5.74. The molecule has 3 rings (SSSR count). The number of carbonyl (C=O) groups is 1. The summed E-state index contributed by atoms with van der Waals surface area (Å²) in [5, 5.41) is 9.26. The van der Waals surface area contributed by atoms with Gasteiger partial charge in [0.25, 0.3) is 11.5 Å².